The van der Waals surface area contributed by atoms with Crippen LogP contribution in [0.25, 0.3) is 0 Å². The van der Waals surface area contributed by atoms with E-state index in [0.29, 0.717) is 23.7 Å². The van der Waals surface area contributed by atoms with E-state index >= 15 is 0 Å². The van der Waals surface area contributed by atoms with Crippen LogP contribution < -0.4 is 14.8 Å². The number of amides is 1. The topological polar surface area (TPSA) is 84.9 Å². The van der Waals surface area contributed by atoms with E-state index in [0.717, 1.165) is 5.75 Å². The first-order chi connectivity index (χ1) is 10.1. The van der Waals surface area contributed by atoms with E-state index in [2.05, 4.69) is 5.32 Å². The van der Waals surface area contributed by atoms with Crippen LogP contribution in [-0.2, 0) is 9.59 Å². The van der Waals surface area contributed by atoms with Gasteiger partial charge >= 0.3 is 5.97 Å². The van der Waals surface area contributed by atoms with E-state index in [4.69, 9.17) is 9.47 Å². The summed E-state index contributed by atoms with van der Waals surface area (Å²) in [6, 6.07) is 7.08. The van der Waals surface area contributed by atoms with Gasteiger partial charge in [0.05, 0.1) is 0 Å². The first-order valence-electron chi connectivity index (χ1n) is 6.62. The molecule has 2 N–H and O–H groups in total. The van der Waals surface area contributed by atoms with Crippen LogP contribution in [-0.4, -0.2) is 46.7 Å². The van der Waals surface area contributed by atoms with Gasteiger partial charge in [-0.15, -0.1) is 0 Å². The number of carbonyl (C=O) groups is 2. The predicted octanol–water partition coefficient (Wildman–Crippen LogP) is 0.903. The summed E-state index contributed by atoms with van der Waals surface area (Å²) < 4.78 is 11.1. The van der Waals surface area contributed by atoms with Gasteiger partial charge < -0.3 is 19.9 Å². The normalized spacial score (nSPS) is 27.1. The van der Waals surface area contributed by atoms with Gasteiger partial charge in [0.15, 0.2) is 11.5 Å². The zero-order valence-corrected chi connectivity index (χ0v) is 12.0. The molecule has 0 spiro atoms. The van der Waals surface area contributed by atoms with E-state index in [9.17, 15) is 14.7 Å². The fourth-order valence-corrected chi connectivity index (χ4v) is 3.68. The maximum absolute atomic E-state index is 12.3. The molecule has 0 saturated carbocycles. The molecule has 0 bridgehead atoms. The van der Waals surface area contributed by atoms with Crippen LogP contribution in [0.3, 0.4) is 0 Å². The first-order valence-corrected chi connectivity index (χ1v) is 7.78. The average Bonchev–Trinajstić information content (AvgIpc) is 2.96. The van der Waals surface area contributed by atoms with Crippen molar-refractivity contribution in [1.82, 2.24) is 5.32 Å². The standard InChI is InChI=1S/C14H15NO5S/c16-12(15-14(13(17)18)5-6-21-8-14)11-7-19-9-3-1-2-4-10(9)20-11/h1-4,11H,5-8H2,(H,15,16)(H,17,18). The minimum Gasteiger partial charge on any atom is -0.485 e. The van der Waals surface area contributed by atoms with Gasteiger partial charge in [-0.2, -0.15) is 11.8 Å². The summed E-state index contributed by atoms with van der Waals surface area (Å²) in [5.74, 6) is 0.725. The van der Waals surface area contributed by atoms with Gasteiger partial charge in [0.2, 0.25) is 6.10 Å². The molecule has 112 valence electrons. The molecule has 0 aromatic heterocycles. The van der Waals surface area contributed by atoms with Crippen LogP contribution in [0.5, 0.6) is 11.5 Å². The summed E-state index contributed by atoms with van der Waals surface area (Å²) in [5, 5.41) is 12.0. The largest absolute Gasteiger partial charge is 0.485 e. The smallest absolute Gasteiger partial charge is 0.330 e. The molecule has 2 aliphatic heterocycles. The number of benzene rings is 1. The van der Waals surface area contributed by atoms with Crippen molar-refractivity contribution < 1.29 is 24.2 Å². The molecule has 2 unspecified atom stereocenters. The number of ether oxygens (including phenoxy) is 2. The molecule has 7 heteroatoms. The summed E-state index contributed by atoms with van der Waals surface area (Å²) >= 11 is 1.52. The molecule has 2 aliphatic rings. The highest BCUT2D eigenvalue weighted by Gasteiger charge is 2.45. The van der Waals surface area contributed by atoms with E-state index < -0.39 is 23.5 Å². The number of para-hydroxylation sites is 2. The molecule has 1 amide bonds. The third-order valence-corrected chi connectivity index (χ3v) is 4.78. The minimum atomic E-state index is -1.19. The highest BCUT2D eigenvalue weighted by molar-refractivity contribution is 7.99. The van der Waals surface area contributed by atoms with Gasteiger partial charge in [0.1, 0.15) is 12.1 Å². The Labute approximate surface area is 125 Å². The molecule has 0 aliphatic carbocycles. The molecule has 21 heavy (non-hydrogen) atoms. The summed E-state index contributed by atoms with van der Waals surface area (Å²) in [5.41, 5.74) is -1.19. The third-order valence-electron chi connectivity index (χ3n) is 3.59. The number of carboxylic acid groups (broad SMARTS) is 1. The Bertz CT molecular complexity index is 570. The van der Waals surface area contributed by atoms with Crippen molar-refractivity contribution in [3.63, 3.8) is 0 Å². The Kier molecular flexibility index (Phi) is 3.67. The molecular weight excluding hydrogens is 294 g/mol. The van der Waals surface area contributed by atoms with Crippen LogP contribution in [0.15, 0.2) is 24.3 Å². The predicted molar refractivity (Wildman–Crippen MR) is 76.8 cm³/mol. The summed E-state index contributed by atoms with van der Waals surface area (Å²) in [6.07, 6.45) is -0.412. The minimum absolute atomic E-state index is 0.0751. The Morgan fingerprint density at radius 2 is 2.10 bits per heavy atom. The number of thioether (sulfide) groups is 1. The van der Waals surface area contributed by atoms with Crippen LogP contribution in [0.1, 0.15) is 6.42 Å². The molecule has 1 aromatic carbocycles. The van der Waals surface area contributed by atoms with Crippen molar-refractivity contribution in [2.45, 2.75) is 18.1 Å². The maximum Gasteiger partial charge on any atom is 0.330 e. The quantitative estimate of drug-likeness (QED) is 0.863. The lowest BCUT2D eigenvalue weighted by molar-refractivity contribution is -0.148. The zero-order valence-electron chi connectivity index (χ0n) is 11.2. The highest BCUT2D eigenvalue weighted by atomic mass is 32.2. The van der Waals surface area contributed by atoms with Crippen molar-refractivity contribution in [3.05, 3.63) is 24.3 Å². The zero-order chi connectivity index (χ0) is 14.9. The Balaban J connectivity index is 1.71. The number of carbonyl (C=O) groups excluding carboxylic acids is 1. The molecule has 0 radical (unpaired) electrons. The molecule has 2 atom stereocenters. The second-order valence-corrected chi connectivity index (χ2v) is 6.15. The fraction of sp³-hybridized carbons (Fsp3) is 0.429. The number of fused-ring (bicyclic) bond motifs is 1. The lowest BCUT2D eigenvalue weighted by atomic mass is 9.99. The number of rotatable bonds is 3. The third kappa shape index (κ3) is 2.65. The van der Waals surface area contributed by atoms with Gasteiger partial charge in [0.25, 0.3) is 5.91 Å². The Hall–Kier alpha value is -1.89. The first kappa shape index (κ1) is 14.1. The molecule has 1 aromatic rings. The van der Waals surface area contributed by atoms with Crippen LogP contribution in [0, 0.1) is 0 Å². The Morgan fingerprint density at radius 1 is 1.33 bits per heavy atom. The highest BCUT2D eigenvalue weighted by Crippen LogP contribution is 2.32. The second kappa shape index (κ2) is 5.48. The SMILES string of the molecule is O=C(NC1(C(=O)O)CCSC1)C1COc2ccccc2O1. The molecule has 6 nitrogen and oxygen atoms in total. The fourth-order valence-electron chi connectivity index (χ4n) is 2.35. The van der Waals surface area contributed by atoms with Gasteiger partial charge in [-0.05, 0) is 24.3 Å². The maximum atomic E-state index is 12.3. The molecule has 2 heterocycles. The van der Waals surface area contributed by atoms with Gasteiger partial charge in [-0.25, -0.2) is 4.79 Å². The van der Waals surface area contributed by atoms with E-state index in [1.54, 1.807) is 18.2 Å². The van der Waals surface area contributed by atoms with Crippen molar-refractivity contribution in [3.8, 4) is 11.5 Å². The van der Waals surface area contributed by atoms with E-state index in [1.807, 2.05) is 6.07 Å². The molecular formula is C14H15NO5S. The van der Waals surface area contributed by atoms with Crippen molar-refractivity contribution in [1.29, 1.82) is 0 Å². The lowest BCUT2D eigenvalue weighted by Gasteiger charge is -2.30. The number of nitrogens with one attached hydrogen (secondary N) is 1. The number of carboxylic acids is 1. The number of hydrogen-bond donors (Lipinski definition) is 2. The molecule has 1 saturated heterocycles. The van der Waals surface area contributed by atoms with Crippen molar-refractivity contribution in [2.75, 3.05) is 18.1 Å². The molecule has 3 rings (SSSR count). The van der Waals surface area contributed by atoms with Crippen LogP contribution >= 0.6 is 11.8 Å². The lowest BCUT2D eigenvalue weighted by Crippen LogP contribution is -2.59. The molecule has 1 fully saturated rings. The van der Waals surface area contributed by atoms with Crippen molar-refractivity contribution in [2.24, 2.45) is 0 Å². The van der Waals surface area contributed by atoms with Gasteiger partial charge in [0, 0.05) is 5.75 Å². The van der Waals surface area contributed by atoms with Gasteiger partial charge in [-0.1, -0.05) is 12.1 Å². The number of hydrogen-bond acceptors (Lipinski definition) is 5. The van der Waals surface area contributed by atoms with E-state index in [-0.39, 0.29) is 6.61 Å². The number of aliphatic carboxylic acids is 1. The Morgan fingerprint density at radius 3 is 2.76 bits per heavy atom. The van der Waals surface area contributed by atoms with Crippen LogP contribution in [0.2, 0.25) is 0 Å². The average molecular weight is 309 g/mol. The van der Waals surface area contributed by atoms with Crippen molar-refractivity contribution >= 4 is 23.6 Å². The summed E-state index contributed by atoms with van der Waals surface area (Å²) in [7, 11) is 0. The van der Waals surface area contributed by atoms with Crippen LogP contribution in [0.4, 0.5) is 0 Å². The van der Waals surface area contributed by atoms with Gasteiger partial charge in [-0.3, -0.25) is 4.79 Å². The monoisotopic (exact) mass is 309 g/mol. The van der Waals surface area contributed by atoms with E-state index in [1.165, 1.54) is 11.8 Å². The summed E-state index contributed by atoms with van der Waals surface area (Å²) in [4.78, 5) is 23.7. The summed E-state index contributed by atoms with van der Waals surface area (Å²) in [6.45, 7) is 0.0751. The second-order valence-electron chi connectivity index (χ2n) is 5.04.